The SMILES string of the molecule is CCCCc1nnc(NC(=O)CCN2C(=O)NC3(CCCCC3)C2=O)s1. The fourth-order valence-electron chi connectivity index (χ4n) is 3.50. The lowest BCUT2D eigenvalue weighted by Crippen LogP contribution is -2.48. The number of urea groups is 1. The van der Waals surface area contributed by atoms with Crippen molar-refractivity contribution in [2.24, 2.45) is 0 Å². The number of hydrogen-bond acceptors (Lipinski definition) is 6. The van der Waals surface area contributed by atoms with Crippen molar-refractivity contribution < 1.29 is 14.4 Å². The molecule has 1 aromatic rings. The lowest BCUT2D eigenvalue weighted by atomic mass is 9.82. The second-order valence-corrected chi connectivity index (χ2v) is 7.99. The fraction of sp³-hybridized carbons (Fsp3) is 0.706. The van der Waals surface area contributed by atoms with Gasteiger partial charge in [0.15, 0.2) is 0 Å². The van der Waals surface area contributed by atoms with Crippen molar-refractivity contribution in [3.8, 4) is 0 Å². The van der Waals surface area contributed by atoms with Crippen molar-refractivity contribution in [3.05, 3.63) is 5.01 Å². The molecule has 9 heteroatoms. The largest absolute Gasteiger partial charge is 0.325 e. The van der Waals surface area contributed by atoms with Gasteiger partial charge in [-0.05, 0) is 19.3 Å². The molecule has 142 valence electrons. The molecular weight excluding hydrogens is 354 g/mol. The van der Waals surface area contributed by atoms with Crippen LogP contribution in [0.4, 0.5) is 9.93 Å². The summed E-state index contributed by atoms with van der Waals surface area (Å²) in [6.07, 6.45) is 7.38. The van der Waals surface area contributed by atoms with E-state index in [2.05, 4.69) is 27.8 Å². The monoisotopic (exact) mass is 379 g/mol. The molecule has 1 aliphatic heterocycles. The van der Waals surface area contributed by atoms with Gasteiger partial charge in [-0.15, -0.1) is 10.2 Å². The van der Waals surface area contributed by atoms with Crippen LogP contribution in [-0.4, -0.2) is 45.0 Å². The third kappa shape index (κ3) is 4.03. The summed E-state index contributed by atoms with van der Waals surface area (Å²) in [6.45, 7) is 2.19. The van der Waals surface area contributed by atoms with Gasteiger partial charge in [0.1, 0.15) is 10.5 Å². The molecular formula is C17H25N5O3S. The van der Waals surface area contributed by atoms with Gasteiger partial charge in [0.05, 0.1) is 0 Å². The molecule has 1 saturated carbocycles. The zero-order chi connectivity index (χ0) is 18.6. The lowest BCUT2D eigenvalue weighted by Gasteiger charge is -2.30. The van der Waals surface area contributed by atoms with Crippen molar-refractivity contribution in [1.82, 2.24) is 20.4 Å². The van der Waals surface area contributed by atoms with E-state index in [1.165, 1.54) is 16.2 Å². The first-order valence-electron chi connectivity index (χ1n) is 9.30. The van der Waals surface area contributed by atoms with Crippen molar-refractivity contribution in [3.63, 3.8) is 0 Å². The quantitative estimate of drug-likeness (QED) is 0.708. The Kier molecular flexibility index (Phi) is 5.85. The zero-order valence-electron chi connectivity index (χ0n) is 15.0. The standard InChI is InChI=1S/C17H25N5O3S/c1-2-3-7-13-20-21-15(26-13)18-12(23)8-11-22-14(24)17(19-16(22)25)9-5-4-6-10-17/h2-11H2,1H3,(H,19,25)(H,18,21,23). The highest BCUT2D eigenvalue weighted by atomic mass is 32.1. The molecule has 1 saturated heterocycles. The van der Waals surface area contributed by atoms with Gasteiger partial charge in [0.25, 0.3) is 5.91 Å². The number of imide groups is 1. The Labute approximate surface area is 156 Å². The summed E-state index contributed by atoms with van der Waals surface area (Å²) in [7, 11) is 0. The molecule has 0 unspecified atom stereocenters. The topological polar surface area (TPSA) is 104 Å². The third-order valence-electron chi connectivity index (χ3n) is 4.97. The Morgan fingerprint density at radius 2 is 2.04 bits per heavy atom. The average molecular weight is 379 g/mol. The molecule has 3 rings (SSSR count). The number of unbranched alkanes of at least 4 members (excludes halogenated alkanes) is 1. The zero-order valence-corrected chi connectivity index (χ0v) is 15.9. The van der Waals surface area contributed by atoms with Crippen LogP contribution in [-0.2, 0) is 16.0 Å². The van der Waals surface area contributed by atoms with Gasteiger partial charge < -0.3 is 10.6 Å². The highest BCUT2D eigenvalue weighted by Gasteiger charge is 2.51. The summed E-state index contributed by atoms with van der Waals surface area (Å²) in [5, 5.41) is 14.9. The van der Waals surface area contributed by atoms with E-state index in [1.807, 2.05) is 0 Å². The molecule has 2 heterocycles. The van der Waals surface area contributed by atoms with E-state index in [4.69, 9.17) is 0 Å². The molecule has 4 amide bonds. The van der Waals surface area contributed by atoms with Crippen LogP contribution in [0.5, 0.6) is 0 Å². The van der Waals surface area contributed by atoms with E-state index in [-0.39, 0.29) is 30.8 Å². The number of rotatable bonds is 7. The maximum absolute atomic E-state index is 12.7. The molecule has 8 nitrogen and oxygen atoms in total. The molecule has 0 radical (unpaired) electrons. The first-order chi connectivity index (χ1) is 12.5. The molecule has 2 fully saturated rings. The number of carbonyl (C=O) groups excluding carboxylic acids is 3. The van der Waals surface area contributed by atoms with Gasteiger partial charge >= 0.3 is 6.03 Å². The van der Waals surface area contributed by atoms with E-state index in [9.17, 15) is 14.4 Å². The lowest BCUT2D eigenvalue weighted by molar-refractivity contribution is -0.132. The van der Waals surface area contributed by atoms with Gasteiger partial charge in [0.2, 0.25) is 11.0 Å². The molecule has 2 N–H and O–H groups in total. The van der Waals surface area contributed by atoms with Crippen LogP contribution >= 0.6 is 11.3 Å². The van der Waals surface area contributed by atoms with E-state index >= 15 is 0 Å². The summed E-state index contributed by atoms with van der Waals surface area (Å²) >= 11 is 1.36. The van der Waals surface area contributed by atoms with Gasteiger partial charge in [-0.2, -0.15) is 0 Å². The fourth-order valence-corrected chi connectivity index (χ4v) is 4.30. The maximum Gasteiger partial charge on any atom is 0.325 e. The Morgan fingerprint density at radius 1 is 1.27 bits per heavy atom. The van der Waals surface area contributed by atoms with E-state index in [0.29, 0.717) is 18.0 Å². The van der Waals surface area contributed by atoms with E-state index < -0.39 is 5.54 Å². The van der Waals surface area contributed by atoms with Crippen molar-refractivity contribution in [2.45, 2.75) is 70.3 Å². The highest BCUT2D eigenvalue weighted by molar-refractivity contribution is 7.15. The summed E-state index contributed by atoms with van der Waals surface area (Å²) in [5.74, 6) is -0.457. The smallest absolute Gasteiger partial charge is 0.323 e. The summed E-state index contributed by atoms with van der Waals surface area (Å²) in [4.78, 5) is 38.1. The van der Waals surface area contributed by atoms with E-state index in [1.54, 1.807) is 0 Å². The Balaban J connectivity index is 1.50. The van der Waals surface area contributed by atoms with Gasteiger partial charge in [-0.25, -0.2) is 4.79 Å². The number of nitrogens with zero attached hydrogens (tertiary/aromatic N) is 3. The van der Waals surface area contributed by atoms with Gasteiger partial charge in [-0.3, -0.25) is 14.5 Å². The summed E-state index contributed by atoms with van der Waals surface area (Å²) < 4.78 is 0. The summed E-state index contributed by atoms with van der Waals surface area (Å²) in [6, 6.07) is -0.387. The number of nitrogens with one attached hydrogen (secondary N) is 2. The van der Waals surface area contributed by atoms with Crippen LogP contribution in [0.2, 0.25) is 0 Å². The number of carbonyl (C=O) groups is 3. The third-order valence-corrected chi connectivity index (χ3v) is 5.87. The molecule has 1 aromatic heterocycles. The predicted octanol–water partition coefficient (Wildman–Crippen LogP) is 2.46. The van der Waals surface area contributed by atoms with Crippen molar-refractivity contribution in [1.29, 1.82) is 0 Å². The minimum absolute atomic E-state index is 0.0547. The number of amides is 4. The van der Waals surface area contributed by atoms with Crippen molar-refractivity contribution >= 4 is 34.3 Å². The minimum Gasteiger partial charge on any atom is -0.323 e. The van der Waals surface area contributed by atoms with Crippen LogP contribution in [0.1, 0.15) is 63.3 Å². The number of hydrogen-bond donors (Lipinski definition) is 2. The first kappa shape index (κ1) is 18.8. The predicted molar refractivity (Wildman–Crippen MR) is 97.8 cm³/mol. The van der Waals surface area contributed by atoms with Crippen LogP contribution in [0.3, 0.4) is 0 Å². The first-order valence-corrected chi connectivity index (χ1v) is 10.1. The molecule has 0 bridgehead atoms. The number of aryl methyl sites for hydroxylation is 1. The minimum atomic E-state index is -0.737. The number of anilines is 1. The maximum atomic E-state index is 12.7. The molecule has 0 aromatic carbocycles. The van der Waals surface area contributed by atoms with Gasteiger partial charge in [-0.1, -0.05) is 43.9 Å². The second kappa shape index (κ2) is 8.11. The molecule has 2 aliphatic rings. The van der Waals surface area contributed by atoms with E-state index in [0.717, 1.165) is 43.5 Å². The van der Waals surface area contributed by atoms with Gasteiger partial charge in [0, 0.05) is 19.4 Å². The molecule has 0 atom stereocenters. The Morgan fingerprint density at radius 3 is 2.77 bits per heavy atom. The second-order valence-electron chi connectivity index (χ2n) is 6.93. The van der Waals surface area contributed by atoms with Crippen LogP contribution in [0.25, 0.3) is 0 Å². The average Bonchev–Trinajstić information content (AvgIpc) is 3.15. The Hall–Kier alpha value is -2.03. The Bertz CT molecular complexity index is 684. The van der Waals surface area contributed by atoms with Crippen LogP contribution < -0.4 is 10.6 Å². The molecule has 1 aliphatic carbocycles. The molecule has 26 heavy (non-hydrogen) atoms. The highest BCUT2D eigenvalue weighted by Crippen LogP contribution is 2.33. The number of aromatic nitrogens is 2. The van der Waals surface area contributed by atoms with Crippen LogP contribution in [0, 0.1) is 0 Å². The molecule has 1 spiro atoms. The normalized spacial score (nSPS) is 19.0. The summed E-state index contributed by atoms with van der Waals surface area (Å²) in [5.41, 5.74) is -0.737. The van der Waals surface area contributed by atoms with Crippen molar-refractivity contribution in [2.75, 3.05) is 11.9 Å². The van der Waals surface area contributed by atoms with Crippen LogP contribution in [0.15, 0.2) is 0 Å².